The monoisotopic (exact) mass is 237 g/mol. The number of hydrogen-bond donors (Lipinski definition) is 1. The van der Waals surface area contributed by atoms with E-state index in [1.54, 1.807) is 12.1 Å². The van der Waals surface area contributed by atoms with Crippen molar-refractivity contribution in [2.45, 2.75) is 32.6 Å². The van der Waals surface area contributed by atoms with Crippen molar-refractivity contribution >= 4 is 18.6 Å². The maximum absolute atomic E-state index is 11.4. The van der Waals surface area contributed by atoms with Gasteiger partial charge in [0.05, 0.1) is 6.42 Å². The molecule has 87 valence electrons. The van der Waals surface area contributed by atoms with E-state index >= 15 is 0 Å². The van der Waals surface area contributed by atoms with Crippen LogP contribution in [0, 0.1) is 6.07 Å². The standard InChI is InChI=1S/C13H17O2S/c1-13(2,3)10-6-4-5-7-11(10)15-12(14)8-9-16/h5-7,16H,8-9H2,1-3H3. The van der Waals surface area contributed by atoms with Crippen LogP contribution in [-0.2, 0) is 10.2 Å². The van der Waals surface area contributed by atoms with E-state index in [0.717, 1.165) is 5.56 Å². The van der Waals surface area contributed by atoms with E-state index in [0.29, 0.717) is 17.9 Å². The van der Waals surface area contributed by atoms with E-state index in [1.165, 1.54) is 0 Å². The third kappa shape index (κ3) is 3.56. The van der Waals surface area contributed by atoms with Crippen molar-refractivity contribution in [2.75, 3.05) is 5.75 Å². The minimum absolute atomic E-state index is 0.0612. The number of thiol groups is 1. The molecule has 0 fully saturated rings. The van der Waals surface area contributed by atoms with Crippen molar-refractivity contribution in [1.82, 2.24) is 0 Å². The van der Waals surface area contributed by atoms with Crippen molar-refractivity contribution in [3.63, 3.8) is 0 Å². The molecule has 2 nitrogen and oxygen atoms in total. The van der Waals surface area contributed by atoms with Gasteiger partial charge in [0.2, 0.25) is 0 Å². The zero-order chi connectivity index (χ0) is 12.2. The molecular formula is C13H17O2S. The summed E-state index contributed by atoms with van der Waals surface area (Å²) in [4.78, 5) is 11.4. The molecule has 0 unspecified atom stereocenters. The first kappa shape index (κ1) is 13.1. The van der Waals surface area contributed by atoms with Gasteiger partial charge in [0.25, 0.3) is 0 Å². The highest BCUT2D eigenvalue weighted by Gasteiger charge is 2.19. The number of carbonyl (C=O) groups excluding carboxylic acids is 1. The summed E-state index contributed by atoms with van der Waals surface area (Å²) >= 11 is 4.00. The quantitative estimate of drug-likeness (QED) is 0.497. The van der Waals surface area contributed by atoms with Crippen LogP contribution in [0.15, 0.2) is 18.2 Å². The lowest BCUT2D eigenvalue weighted by Gasteiger charge is -2.21. The predicted molar refractivity (Wildman–Crippen MR) is 68.1 cm³/mol. The van der Waals surface area contributed by atoms with E-state index in [9.17, 15) is 4.79 Å². The second-order valence-electron chi connectivity index (χ2n) is 4.62. The topological polar surface area (TPSA) is 26.3 Å². The molecule has 0 heterocycles. The Hall–Kier alpha value is -0.960. The second kappa shape index (κ2) is 5.39. The molecule has 0 aliphatic heterocycles. The molecule has 0 aliphatic rings. The summed E-state index contributed by atoms with van der Waals surface area (Å²) in [7, 11) is 0. The molecule has 0 saturated heterocycles. The Balaban J connectivity index is 2.92. The van der Waals surface area contributed by atoms with Gasteiger partial charge in [-0.2, -0.15) is 12.6 Å². The van der Waals surface area contributed by atoms with E-state index < -0.39 is 0 Å². The van der Waals surface area contributed by atoms with E-state index in [1.807, 2.05) is 6.07 Å². The van der Waals surface area contributed by atoms with E-state index in [2.05, 4.69) is 39.5 Å². The zero-order valence-electron chi connectivity index (χ0n) is 9.91. The maximum atomic E-state index is 11.4. The number of ether oxygens (including phenoxy) is 1. The van der Waals surface area contributed by atoms with Gasteiger partial charge in [-0.05, 0) is 23.6 Å². The molecule has 0 bridgehead atoms. The van der Waals surface area contributed by atoms with Crippen LogP contribution in [0.1, 0.15) is 32.8 Å². The van der Waals surface area contributed by atoms with Crippen molar-refractivity contribution in [1.29, 1.82) is 0 Å². The fourth-order valence-corrected chi connectivity index (χ4v) is 1.54. The van der Waals surface area contributed by atoms with Gasteiger partial charge in [-0.15, -0.1) is 0 Å². The average molecular weight is 237 g/mol. The van der Waals surface area contributed by atoms with Crippen LogP contribution in [0.3, 0.4) is 0 Å². The van der Waals surface area contributed by atoms with Crippen LogP contribution in [0.2, 0.25) is 0 Å². The summed E-state index contributed by atoms with van der Waals surface area (Å²) in [5.74, 6) is 0.882. The molecular weight excluding hydrogens is 220 g/mol. The Morgan fingerprint density at radius 3 is 2.75 bits per heavy atom. The smallest absolute Gasteiger partial charge is 0.312 e. The zero-order valence-corrected chi connectivity index (χ0v) is 10.8. The minimum atomic E-state index is -0.244. The van der Waals surface area contributed by atoms with Gasteiger partial charge in [-0.3, -0.25) is 4.79 Å². The van der Waals surface area contributed by atoms with Gasteiger partial charge < -0.3 is 4.74 Å². The van der Waals surface area contributed by atoms with Crippen LogP contribution in [0.25, 0.3) is 0 Å². The van der Waals surface area contributed by atoms with Crippen LogP contribution in [-0.4, -0.2) is 11.7 Å². The van der Waals surface area contributed by atoms with Crippen LogP contribution >= 0.6 is 12.6 Å². The first-order valence-electron chi connectivity index (χ1n) is 5.27. The van der Waals surface area contributed by atoms with Gasteiger partial charge in [-0.25, -0.2) is 0 Å². The minimum Gasteiger partial charge on any atom is -0.426 e. The SMILES string of the molecule is CC(C)(C)c1c[c]ccc1OC(=O)CCS. The van der Waals surface area contributed by atoms with E-state index in [4.69, 9.17) is 4.74 Å². The maximum Gasteiger partial charge on any atom is 0.312 e. The summed E-state index contributed by atoms with van der Waals surface area (Å²) in [6, 6.07) is 8.39. The summed E-state index contributed by atoms with van der Waals surface area (Å²) in [5.41, 5.74) is 0.927. The summed E-state index contributed by atoms with van der Waals surface area (Å²) in [6.07, 6.45) is 0.325. The van der Waals surface area contributed by atoms with Crippen LogP contribution < -0.4 is 4.74 Å². The molecule has 0 amide bonds. The molecule has 0 saturated carbocycles. The lowest BCUT2D eigenvalue weighted by molar-refractivity contribution is -0.133. The number of carbonyl (C=O) groups is 1. The van der Waals surface area contributed by atoms with Crippen molar-refractivity contribution in [3.8, 4) is 5.75 Å². The highest BCUT2D eigenvalue weighted by atomic mass is 32.1. The molecule has 1 rings (SSSR count). The summed E-state index contributed by atoms with van der Waals surface area (Å²) < 4.78 is 5.30. The average Bonchev–Trinajstić information content (AvgIpc) is 2.17. The Labute approximate surface area is 102 Å². The highest BCUT2D eigenvalue weighted by molar-refractivity contribution is 7.80. The third-order valence-corrected chi connectivity index (χ3v) is 2.40. The third-order valence-electron chi connectivity index (χ3n) is 2.17. The Kier molecular flexibility index (Phi) is 4.42. The molecule has 3 heteroatoms. The summed E-state index contributed by atoms with van der Waals surface area (Å²) in [5, 5.41) is 0. The first-order chi connectivity index (χ1) is 7.45. The molecule has 0 aromatic heterocycles. The number of hydrogen-bond acceptors (Lipinski definition) is 3. The second-order valence-corrected chi connectivity index (χ2v) is 5.07. The van der Waals surface area contributed by atoms with Crippen molar-refractivity contribution in [2.24, 2.45) is 0 Å². The normalized spacial score (nSPS) is 11.2. The molecule has 16 heavy (non-hydrogen) atoms. The van der Waals surface area contributed by atoms with Gasteiger partial charge in [-0.1, -0.05) is 26.8 Å². The van der Waals surface area contributed by atoms with Gasteiger partial charge in [0, 0.05) is 11.3 Å². The number of esters is 1. The molecule has 0 N–H and O–H groups in total. The van der Waals surface area contributed by atoms with Crippen molar-refractivity contribution in [3.05, 3.63) is 29.8 Å². The molecule has 0 atom stereocenters. The number of benzene rings is 1. The van der Waals surface area contributed by atoms with Gasteiger partial charge in [0.15, 0.2) is 0 Å². The summed E-state index contributed by atoms with van der Waals surface area (Å²) in [6.45, 7) is 6.23. The Morgan fingerprint density at radius 1 is 1.50 bits per heavy atom. The molecule has 1 aromatic rings. The van der Waals surface area contributed by atoms with Crippen LogP contribution in [0.5, 0.6) is 5.75 Å². The van der Waals surface area contributed by atoms with Gasteiger partial charge >= 0.3 is 5.97 Å². The number of rotatable bonds is 3. The fourth-order valence-electron chi connectivity index (χ4n) is 1.36. The largest absolute Gasteiger partial charge is 0.426 e. The lowest BCUT2D eigenvalue weighted by atomic mass is 9.86. The molecule has 1 aromatic carbocycles. The Bertz CT molecular complexity index is 366. The van der Waals surface area contributed by atoms with Crippen LogP contribution in [0.4, 0.5) is 0 Å². The molecule has 0 aliphatic carbocycles. The van der Waals surface area contributed by atoms with Crippen molar-refractivity contribution < 1.29 is 9.53 Å². The lowest BCUT2D eigenvalue weighted by Crippen LogP contribution is -2.16. The highest BCUT2D eigenvalue weighted by Crippen LogP contribution is 2.30. The predicted octanol–water partition coefficient (Wildman–Crippen LogP) is 3.01. The van der Waals surface area contributed by atoms with Gasteiger partial charge in [0.1, 0.15) is 5.75 Å². The first-order valence-corrected chi connectivity index (χ1v) is 5.90. The molecule has 0 spiro atoms. The molecule has 1 radical (unpaired) electrons. The fraction of sp³-hybridized carbons (Fsp3) is 0.462. The van der Waals surface area contributed by atoms with E-state index in [-0.39, 0.29) is 11.4 Å². The Morgan fingerprint density at radius 2 is 2.19 bits per heavy atom.